The Hall–Kier alpha value is -2.68. The van der Waals surface area contributed by atoms with Crippen LogP contribution in [0, 0.1) is 0 Å². The van der Waals surface area contributed by atoms with Crippen molar-refractivity contribution >= 4 is 29.4 Å². The zero-order chi connectivity index (χ0) is 23.6. The van der Waals surface area contributed by atoms with Gasteiger partial charge < -0.3 is 14.8 Å². The number of carbonyl (C=O) groups excluding carboxylic acids is 2. The van der Waals surface area contributed by atoms with Crippen molar-refractivity contribution in [1.82, 2.24) is 4.57 Å². The van der Waals surface area contributed by atoms with Gasteiger partial charge in [0, 0.05) is 16.2 Å². The summed E-state index contributed by atoms with van der Waals surface area (Å²) >= 11 is 5.90. The van der Waals surface area contributed by atoms with Crippen molar-refractivity contribution in [1.29, 1.82) is 0 Å². The van der Waals surface area contributed by atoms with Crippen LogP contribution < -0.4 is 5.32 Å². The Morgan fingerprint density at radius 2 is 1.45 bits per heavy atom. The number of anilines is 1. The van der Waals surface area contributed by atoms with E-state index in [2.05, 4.69) is 5.32 Å². The Labute approximate surface area is 183 Å². The van der Waals surface area contributed by atoms with Crippen LogP contribution in [0.15, 0.2) is 24.3 Å². The molecule has 31 heavy (non-hydrogen) atoms. The van der Waals surface area contributed by atoms with Gasteiger partial charge in [-0.15, -0.1) is 0 Å². The van der Waals surface area contributed by atoms with E-state index in [4.69, 9.17) is 21.1 Å². The zero-order valence-corrected chi connectivity index (χ0v) is 18.6. The van der Waals surface area contributed by atoms with Gasteiger partial charge in [0.1, 0.15) is 22.6 Å². The molecule has 10 heteroatoms. The lowest BCUT2D eigenvalue weighted by atomic mass is 10.1. The Morgan fingerprint density at radius 3 is 1.87 bits per heavy atom. The number of benzene rings is 1. The predicted octanol–water partition coefficient (Wildman–Crippen LogP) is 5.71. The van der Waals surface area contributed by atoms with Crippen LogP contribution in [-0.2, 0) is 15.7 Å². The molecule has 0 fully saturated rings. The number of hydrogen-bond donors (Lipinski definition) is 1. The van der Waals surface area contributed by atoms with Crippen molar-refractivity contribution in [2.24, 2.45) is 0 Å². The Kier molecular flexibility index (Phi) is 7.31. The summed E-state index contributed by atoms with van der Waals surface area (Å²) in [4.78, 5) is 25.5. The first-order chi connectivity index (χ1) is 14.3. The molecule has 0 amide bonds. The number of hydrogen-bond acceptors (Lipinski definition) is 5. The van der Waals surface area contributed by atoms with Crippen LogP contribution in [0.1, 0.15) is 61.0 Å². The monoisotopic (exact) mass is 460 g/mol. The molecular weight excluding hydrogens is 437 g/mol. The molecule has 1 aromatic carbocycles. The highest BCUT2D eigenvalue weighted by Crippen LogP contribution is 2.42. The molecule has 0 atom stereocenters. The lowest BCUT2D eigenvalue weighted by Crippen LogP contribution is -2.29. The number of esters is 2. The average molecular weight is 461 g/mol. The molecule has 2 rings (SSSR count). The molecule has 1 aromatic heterocycles. The van der Waals surface area contributed by atoms with Gasteiger partial charge in [-0.25, -0.2) is 9.59 Å². The highest BCUT2D eigenvalue weighted by molar-refractivity contribution is 6.30. The molecule has 0 radical (unpaired) electrons. The molecule has 0 spiro atoms. The van der Waals surface area contributed by atoms with Gasteiger partial charge in [0.25, 0.3) is 0 Å². The first-order valence-electron chi connectivity index (χ1n) is 9.56. The Balaban J connectivity index is 3.06. The standard InChI is InChI=1S/C21H24ClF3N2O4/c1-6-30-18(28)14-15(19(29)31-7-2)17(26-20(3,4)5)27(16(14)21(23,24)25)13-10-8-12(22)9-11-13/h8-11,26H,6-7H2,1-5H3. The van der Waals surface area contributed by atoms with E-state index in [1.54, 1.807) is 20.8 Å². The fourth-order valence-electron chi connectivity index (χ4n) is 2.97. The van der Waals surface area contributed by atoms with E-state index in [0.717, 1.165) is 4.57 Å². The first-order valence-corrected chi connectivity index (χ1v) is 9.93. The lowest BCUT2D eigenvalue weighted by Gasteiger charge is -2.25. The topological polar surface area (TPSA) is 69.6 Å². The van der Waals surface area contributed by atoms with Crippen molar-refractivity contribution < 1.29 is 32.2 Å². The molecule has 1 N–H and O–H groups in total. The summed E-state index contributed by atoms with van der Waals surface area (Å²) in [5, 5.41) is 3.23. The molecule has 2 aromatic rings. The molecular formula is C21H24ClF3N2O4. The fourth-order valence-corrected chi connectivity index (χ4v) is 3.09. The molecule has 170 valence electrons. The number of aromatic nitrogens is 1. The van der Waals surface area contributed by atoms with Crippen LogP contribution in [0.4, 0.5) is 19.0 Å². The van der Waals surface area contributed by atoms with Gasteiger partial charge in [-0.1, -0.05) is 11.6 Å². The van der Waals surface area contributed by atoms with Gasteiger partial charge in [0.15, 0.2) is 0 Å². The van der Waals surface area contributed by atoms with E-state index in [1.165, 1.54) is 38.1 Å². The SMILES string of the molecule is CCOC(=O)c1c(C(=O)OCC)c(C(F)(F)F)n(-c2ccc(Cl)cc2)c1NC(C)(C)C. The summed E-state index contributed by atoms with van der Waals surface area (Å²) in [6, 6.07) is 5.53. The highest BCUT2D eigenvalue weighted by Gasteiger charge is 2.46. The molecule has 0 aliphatic heterocycles. The summed E-state index contributed by atoms with van der Waals surface area (Å²) in [6.45, 7) is 7.82. The minimum absolute atomic E-state index is 0.0459. The predicted molar refractivity (Wildman–Crippen MR) is 111 cm³/mol. The summed E-state index contributed by atoms with van der Waals surface area (Å²) in [5.41, 5.74) is -3.52. The quantitative estimate of drug-likeness (QED) is 0.559. The molecule has 1 heterocycles. The number of ether oxygens (including phenoxy) is 2. The molecule has 0 aliphatic carbocycles. The zero-order valence-electron chi connectivity index (χ0n) is 17.8. The minimum atomic E-state index is -5.00. The summed E-state index contributed by atoms with van der Waals surface area (Å²) in [7, 11) is 0. The van der Waals surface area contributed by atoms with Crippen molar-refractivity contribution in [3.05, 3.63) is 46.1 Å². The summed E-state index contributed by atoms with van der Waals surface area (Å²) < 4.78 is 53.6. The highest BCUT2D eigenvalue weighted by atomic mass is 35.5. The number of carbonyl (C=O) groups is 2. The second kappa shape index (κ2) is 9.21. The van der Waals surface area contributed by atoms with E-state index in [9.17, 15) is 22.8 Å². The third kappa shape index (κ3) is 5.52. The van der Waals surface area contributed by atoms with Crippen LogP contribution in [-0.4, -0.2) is 35.3 Å². The van der Waals surface area contributed by atoms with Crippen molar-refractivity contribution in [3.8, 4) is 5.69 Å². The second-order valence-corrected chi connectivity index (χ2v) is 8.01. The van der Waals surface area contributed by atoms with Gasteiger partial charge in [-0.3, -0.25) is 4.57 Å². The summed E-state index contributed by atoms with van der Waals surface area (Å²) in [5.74, 6) is -2.58. The van der Waals surface area contributed by atoms with Crippen molar-refractivity contribution in [3.63, 3.8) is 0 Å². The van der Waals surface area contributed by atoms with Crippen LogP contribution in [0.2, 0.25) is 5.02 Å². The maximum atomic E-state index is 14.3. The molecule has 6 nitrogen and oxygen atoms in total. The molecule has 0 bridgehead atoms. The van der Waals surface area contributed by atoms with E-state index >= 15 is 0 Å². The number of nitrogens with zero attached hydrogens (tertiary/aromatic N) is 1. The van der Waals surface area contributed by atoms with Crippen LogP contribution >= 0.6 is 11.6 Å². The largest absolute Gasteiger partial charge is 0.462 e. The molecule has 0 unspecified atom stereocenters. The number of alkyl halides is 3. The lowest BCUT2D eigenvalue weighted by molar-refractivity contribution is -0.142. The second-order valence-electron chi connectivity index (χ2n) is 7.57. The normalized spacial score (nSPS) is 11.9. The van der Waals surface area contributed by atoms with Gasteiger partial charge >= 0.3 is 18.1 Å². The van der Waals surface area contributed by atoms with E-state index < -0.39 is 40.5 Å². The first kappa shape index (κ1) is 24.6. The Bertz CT molecular complexity index is 961. The fraction of sp³-hybridized carbons (Fsp3) is 0.429. The van der Waals surface area contributed by atoms with E-state index in [1.807, 2.05) is 0 Å². The van der Waals surface area contributed by atoms with Crippen molar-refractivity contribution in [2.45, 2.75) is 46.3 Å². The van der Waals surface area contributed by atoms with Crippen LogP contribution in [0.5, 0.6) is 0 Å². The van der Waals surface area contributed by atoms with E-state index in [0.29, 0.717) is 5.02 Å². The third-order valence-corrected chi connectivity index (χ3v) is 4.23. The maximum Gasteiger partial charge on any atom is 0.432 e. The summed E-state index contributed by atoms with van der Waals surface area (Å²) in [6.07, 6.45) is -5.00. The molecule has 0 saturated carbocycles. The number of halogens is 4. The third-order valence-electron chi connectivity index (χ3n) is 3.98. The van der Waals surface area contributed by atoms with Crippen molar-refractivity contribution in [2.75, 3.05) is 18.5 Å². The van der Waals surface area contributed by atoms with Gasteiger partial charge in [0.05, 0.1) is 13.2 Å². The van der Waals surface area contributed by atoms with Gasteiger partial charge in [-0.05, 0) is 58.9 Å². The van der Waals surface area contributed by atoms with Gasteiger partial charge in [-0.2, -0.15) is 13.2 Å². The Morgan fingerprint density at radius 1 is 0.968 bits per heavy atom. The molecule has 0 saturated heterocycles. The van der Waals surface area contributed by atoms with Crippen LogP contribution in [0.3, 0.4) is 0 Å². The minimum Gasteiger partial charge on any atom is -0.462 e. The average Bonchev–Trinajstić information content (AvgIpc) is 2.96. The van der Waals surface area contributed by atoms with E-state index in [-0.39, 0.29) is 24.7 Å². The smallest absolute Gasteiger partial charge is 0.432 e. The van der Waals surface area contributed by atoms with Crippen LogP contribution in [0.25, 0.3) is 5.69 Å². The molecule has 0 aliphatic rings. The number of nitrogens with one attached hydrogen (secondary N) is 1. The number of rotatable bonds is 6. The van der Waals surface area contributed by atoms with Gasteiger partial charge in [0.2, 0.25) is 0 Å². The maximum absolute atomic E-state index is 14.3.